The number of halogens is 3. The summed E-state index contributed by atoms with van der Waals surface area (Å²) in [5.74, 6) is -0.523. The standard InChI is InChI=1S/C28H27F3N4O2/c1-15-10-21(27(37)35-13-16(2)32-17(3)14-35)24(33-15)12-22-25-20(8-5-9-23(25)34-26(22)36)18-6-4-7-19(11-18)28(29,30)31/h4-12,16-17,32-33H,13-14H2,1-3H3,(H,34,36)/b22-12-/t16-,17+. The first kappa shape index (κ1) is 24.8. The van der Waals surface area contributed by atoms with E-state index in [0.717, 1.165) is 17.8 Å². The first-order valence-electron chi connectivity index (χ1n) is 12.1. The fourth-order valence-electron chi connectivity index (χ4n) is 5.20. The Labute approximate surface area is 212 Å². The van der Waals surface area contributed by atoms with Crippen molar-refractivity contribution in [3.63, 3.8) is 0 Å². The molecule has 2 atom stereocenters. The van der Waals surface area contributed by atoms with Crippen molar-refractivity contribution in [2.24, 2.45) is 0 Å². The van der Waals surface area contributed by atoms with E-state index in [2.05, 4.69) is 15.6 Å². The smallest absolute Gasteiger partial charge is 0.358 e. The molecule has 3 heterocycles. The Morgan fingerprint density at radius 2 is 1.76 bits per heavy atom. The van der Waals surface area contributed by atoms with Gasteiger partial charge in [-0.15, -0.1) is 0 Å². The van der Waals surface area contributed by atoms with Gasteiger partial charge in [-0.1, -0.05) is 24.3 Å². The molecule has 2 amide bonds. The van der Waals surface area contributed by atoms with E-state index in [4.69, 9.17) is 0 Å². The third-order valence-electron chi connectivity index (χ3n) is 6.67. The zero-order chi connectivity index (χ0) is 26.5. The summed E-state index contributed by atoms with van der Waals surface area (Å²) in [7, 11) is 0. The normalized spacial score (nSPS) is 20.8. The molecule has 192 valence electrons. The minimum absolute atomic E-state index is 0.138. The van der Waals surface area contributed by atoms with E-state index < -0.39 is 11.7 Å². The Morgan fingerprint density at radius 1 is 1.05 bits per heavy atom. The highest BCUT2D eigenvalue weighted by molar-refractivity contribution is 6.36. The van der Waals surface area contributed by atoms with Crippen LogP contribution < -0.4 is 10.6 Å². The summed E-state index contributed by atoms with van der Waals surface area (Å²) in [6, 6.07) is 12.2. The van der Waals surface area contributed by atoms with Crippen LogP contribution in [0.2, 0.25) is 0 Å². The number of nitrogens with zero attached hydrogens (tertiary/aromatic N) is 1. The zero-order valence-corrected chi connectivity index (χ0v) is 20.7. The number of anilines is 1. The van der Waals surface area contributed by atoms with Crippen LogP contribution in [0.15, 0.2) is 48.5 Å². The number of hydrogen-bond donors (Lipinski definition) is 3. The van der Waals surface area contributed by atoms with Gasteiger partial charge in [0, 0.05) is 42.1 Å². The van der Waals surface area contributed by atoms with Gasteiger partial charge in [0.15, 0.2) is 0 Å². The number of fused-ring (bicyclic) bond motifs is 1. The van der Waals surface area contributed by atoms with Crippen molar-refractivity contribution in [2.75, 3.05) is 18.4 Å². The SMILES string of the molecule is Cc1cc(C(=O)N2C[C@@H](C)N[C@@H](C)C2)c(/C=C2\C(=O)Nc3cccc(-c4cccc(C(F)(F)F)c4)c32)[nH]1. The Bertz CT molecular complexity index is 1410. The van der Waals surface area contributed by atoms with Crippen LogP contribution in [0.1, 0.15) is 46.7 Å². The largest absolute Gasteiger partial charge is 0.416 e. The Kier molecular flexibility index (Phi) is 6.19. The van der Waals surface area contributed by atoms with Crippen molar-refractivity contribution in [3.8, 4) is 11.1 Å². The van der Waals surface area contributed by atoms with Gasteiger partial charge in [-0.25, -0.2) is 0 Å². The van der Waals surface area contributed by atoms with E-state index in [9.17, 15) is 22.8 Å². The highest BCUT2D eigenvalue weighted by atomic mass is 19.4. The monoisotopic (exact) mass is 508 g/mol. The van der Waals surface area contributed by atoms with Gasteiger partial charge in [0.1, 0.15) is 0 Å². The number of rotatable bonds is 3. The number of aryl methyl sites for hydroxylation is 1. The molecule has 0 aliphatic carbocycles. The fraction of sp³-hybridized carbons (Fsp3) is 0.286. The maximum Gasteiger partial charge on any atom is 0.416 e. The molecule has 2 aliphatic rings. The summed E-state index contributed by atoms with van der Waals surface area (Å²) in [4.78, 5) is 31.5. The summed E-state index contributed by atoms with van der Waals surface area (Å²) in [6.07, 6.45) is -2.87. The van der Waals surface area contributed by atoms with Crippen molar-refractivity contribution < 1.29 is 22.8 Å². The molecule has 0 bridgehead atoms. The highest BCUT2D eigenvalue weighted by Crippen LogP contribution is 2.42. The summed E-state index contributed by atoms with van der Waals surface area (Å²) in [5.41, 5.74) is 3.05. The lowest BCUT2D eigenvalue weighted by Crippen LogP contribution is -2.55. The van der Waals surface area contributed by atoms with Crippen molar-refractivity contribution in [1.29, 1.82) is 0 Å². The van der Waals surface area contributed by atoms with Crippen molar-refractivity contribution >= 4 is 29.2 Å². The van der Waals surface area contributed by atoms with Crippen molar-refractivity contribution in [3.05, 3.63) is 76.6 Å². The molecule has 37 heavy (non-hydrogen) atoms. The van der Waals surface area contributed by atoms with Crippen LogP contribution in [0.3, 0.4) is 0 Å². The lowest BCUT2D eigenvalue weighted by atomic mass is 9.93. The van der Waals surface area contributed by atoms with Crippen LogP contribution in [0, 0.1) is 6.92 Å². The summed E-state index contributed by atoms with van der Waals surface area (Å²) in [5, 5.41) is 6.22. The minimum atomic E-state index is -4.49. The van der Waals surface area contributed by atoms with E-state index >= 15 is 0 Å². The number of amides is 2. The van der Waals surface area contributed by atoms with Crippen LogP contribution in [0.5, 0.6) is 0 Å². The van der Waals surface area contributed by atoms with Crippen LogP contribution in [-0.2, 0) is 11.0 Å². The summed E-state index contributed by atoms with van der Waals surface area (Å²) < 4.78 is 40.2. The molecule has 5 rings (SSSR count). The number of carbonyl (C=O) groups excluding carboxylic acids is 2. The summed E-state index contributed by atoms with van der Waals surface area (Å²) in [6.45, 7) is 7.00. The number of nitrogens with one attached hydrogen (secondary N) is 3. The molecule has 0 spiro atoms. The average Bonchev–Trinajstić information content (AvgIpc) is 3.36. The number of aromatic nitrogens is 1. The average molecular weight is 509 g/mol. The lowest BCUT2D eigenvalue weighted by Gasteiger charge is -2.36. The van der Waals surface area contributed by atoms with E-state index in [-0.39, 0.29) is 29.5 Å². The highest BCUT2D eigenvalue weighted by Gasteiger charge is 2.33. The molecule has 3 N–H and O–H groups in total. The Balaban J connectivity index is 1.58. The van der Waals surface area contributed by atoms with Gasteiger partial charge in [0.05, 0.1) is 22.4 Å². The van der Waals surface area contributed by atoms with Gasteiger partial charge < -0.3 is 20.5 Å². The van der Waals surface area contributed by atoms with Gasteiger partial charge in [-0.3, -0.25) is 9.59 Å². The Morgan fingerprint density at radius 3 is 2.46 bits per heavy atom. The first-order valence-corrected chi connectivity index (χ1v) is 12.1. The molecule has 2 aliphatic heterocycles. The molecule has 0 saturated carbocycles. The molecule has 3 aromatic rings. The molecule has 9 heteroatoms. The molecule has 0 unspecified atom stereocenters. The number of H-pyrrole nitrogens is 1. The second-order valence-electron chi connectivity index (χ2n) is 9.78. The van der Waals surface area contributed by atoms with Gasteiger partial charge in [0.25, 0.3) is 11.8 Å². The molecule has 1 aromatic heterocycles. The van der Waals surface area contributed by atoms with Crippen LogP contribution in [-0.4, -0.2) is 46.9 Å². The number of benzene rings is 2. The van der Waals surface area contributed by atoms with E-state index in [1.165, 1.54) is 6.07 Å². The van der Waals surface area contributed by atoms with Gasteiger partial charge in [0.2, 0.25) is 0 Å². The topological polar surface area (TPSA) is 77.2 Å². The second kappa shape index (κ2) is 9.23. The molecule has 0 radical (unpaired) electrons. The molecule has 1 saturated heterocycles. The number of alkyl halides is 3. The number of hydrogen-bond acceptors (Lipinski definition) is 3. The van der Waals surface area contributed by atoms with Gasteiger partial charge >= 0.3 is 6.18 Å². The van der Waals surface area contributed by atoms with Crippen molar-refractivity contribution in [2.45, 2.75) is 39.0 Å². The van der Waals surface area contributed by atoms with Crippen LogP contribution >= 0.6 is 0 Å². The van der Waals surface area contributed by atoms with Crippen molar-refractivity contribution in [1.82, 2.24) is 15.2 Å². The lowest BCUT2D eigenvalue weighted by molar-refractivity contribution is -0.137. The predicted octanol–water partition coefficient (Wildman–Crippen LogP) is 5.32. The number of carbonyl (C=O) groups is 2. The van der Waals surface area contributed by atoms with Crippen LogP contribution in [0.4, 0.5) is 18.9 Å². The predicted molar refractivity (Wildman–Crippen MR) is 137 cm³/mol. The first-order chi connectivity index (χ1) is 17.5. The number of aromatic amines is 1. The molecular weight excluding hydrogens is 481 g/mol. The third-order valence-corrected chi connectivity index (χ3v) is 6.67. The van der Waals surface area contributed by atoms with Crippen LogP contribution in [0.25, 0.3) is 22.8 Å². The minimum Gasteiger partial charge on any atom is -0.358 e. The Hall–Kier alpha value is -3.85. The molecule has 1 fully saturated rings. The van der Waals surface area contributed by atoms with Gasteiger partial charge in [-0.05, 0) is 62.2 Å². The van der Waals surface area contributed by atoms with E-state index in [1.54, 1.807) is 41.3 Å². The number of piperazine rings is 1. The maximum atomic E-state index is 13.5. The van der Waals surface area contributed by atoms with E-state index in [0.29, 0.717) is 46.7 Å². The molecule has 6 nitrogen and oxygen atoms in total. The third kappa shape index (κ3) is 4.79. The quantitative estimate of drug-likeness (QED) is 0.419. The van der Waals surface area contributed by atoms with E-state index in [1.807, 2.05) is 20.8 Å². The second-order valence-corrected chi connectivity index (χ2v) is 9.78. The maximum absolute atomic E-state index is 13.5. The molecule has 2 aromatic carbocycles. The summed E-state index contributed by atoms with van der Waals surface area (Å²) >= 11 is 0. The zero-order valence-electron chi connectivity index (χ0n) is 20.7. The fourth-order valence-corrected chi connectivity index (χ4v) is 5.20. The molecular formula is C28H27F3N4O2. The van der Waals surface area contributed by atoms with Gasteiger partial charge in [-0.2, -0.15) is 13.2 Å².